The third-order valence-electron chi connectivity index (χ3n) is 4.46. The predicted molar refractivity (Wildman–Crippen MR) is 78.8 cm³/mol. The monoisotopic (exact) mass is 261 g/mol. The van der Waals surface area contributed by atoms with E-state index in [-0.39, 0.29) is 0 Å². The Labute approximate surface area is 117 Å². The lowest BCUT2D eigenvalue weighted by Gasteiger charge is -2.33. The normalized spacial score (nSPS) is 25.2. The van der Waals surface area contributed by atoms with Gasteiger partial charge in [0.05, 0.1) is 11.7 Å². The first-order valence-corrected chi connectivity index (χ1v) is 7.84. The van der Waals surface area contributed by atoms with Crippen LogP contribution < -0.4 is 5.32 Å². The van der Waals surface area contributed by atoms with Gasteiger partial charge < -0.3 is 5.32 Å². The molecule has 19 heavy (non-hydrogen) atoms. The van der Waals surface area contributed by atoms with Crippen molar-refractivity contribution < 1.29 is 0 Å². The average Bonchev–Trinajstić information content (AvgIpc) is 2.49. The summed E-state index contributed by atoms with van der Waals surface area (Å²) in [5, 5.41) is 3.69. The van der Waals surface area contributed by atoms with E-state index in [9.17, 15) is 0 Å². The molecule has 0 aliphatic heterocycles. The van der Waals surface area contributed by atoms with E-state index in [1.54, 1.807) is 6.20 Å². The van der Waals surface area contributed by atoms with Gasteiger partial charge in [0, 0.05) is 18.6 Å². The predicted octanol–water partition coefficient (Wildman–Crippen LogP) is 3.73. The van der Waals surface area contributed by atoms with Gasteiger partial charge in [-0.1, -0.05) is 33.1 Å². The van der Waals surface area contributed by atoms with Crippen LogP contribution in [0, 0.1) is 11.8 Å². The minimum Gasteiger partial charge on any atom is -0.308 e. The quantitative estimate of drug-likeness (QED) is 0.848. The van der Waals surface area contributed by atoms with Gasteiger partial charge in [0.25, 0.3) is 0 Å². The molecule has 0 saturated heterocycles. The van der Waals surface area contributed by atoms with Crippen LogP contribution in [0.3, 0.4) is 0 Å². The van der Waals surface area contributed by atoms with Gasteiger partial charge in [-0.3, -0.25) is 9.97 Å². The molecule has 0 amide bonds. The lowest BCUT2D eigenvalue weighted by atomic mass is 9.77. The molecule has 1 heterocycles. The van der Waals surface area contributed by atoms with Gasteiger partial charge in [-0.05, 0) is 37.6 Å². The maximum atomic E-state index is 4.52. The largest absolute Gasteiger partial charge is 0.308 e. The van der Waals surface area contributed by atoms with Crippen molar-refractivity contribution in [2.45, 2.75) is 58.4 Å². The van der Waals surface area contributed by atoms with Crippen LogP contribution in [-0.2, 0) is 0 Å². The van der Waals surface area contributed by atoms with Gasteiger partial charge in [-0.15, -0.1) is 0 Å². The SMILES string of the molecule is CCCNC(c1cnccn1)C1CCC(CC)CC1. The molecule has 0 bridgehead atoms. The van der Waals surface area contributed by atoms with E-state index in [4.69, 9.17) is 0 Å². The zero-order chi connectivity index (χ0) is 13.5. The first-order valence-electron chi connectivity index (χ1n) is 7.84. The number of nitrogens with zero attached hydrogens (tertiary/aromatic N) is 2. The number of rotatable bonds is 6. The van der Waals surface area contributed by atoms with Crippen molar-refractivity contribution in [2.24, 2.45) is 11.8 Å². The summed E-state index contributed by atoms with van der Waals surface area (Å²) in [4.78, 5) is 8.76. The fraction of sp³-hybridized carbons (Fsp3) is 0.750. The summed E-state index contributed by atoms with van der Waals surface area (Å²) >= 11 is 0. The molecule has 1 N–H and O–H groups in total. The lowest BCUT2D eigenvalue weighted by Crippen LogP contribution is -2.32. The highest BCUT2D eigenvalue weighted by Crippen LogP contribution is 2.37. The molecule has 1 unspecified atom stereocenters. The maximum Gasteiger partial charge on any atom is 0.0758 e. The highest BCUT2D eigenvalue weighted by molar-refractivity contribution is 5.05. The Morgan fingerprint density at radius 3 is 2.58 bits per heavy atom. The third kappa shape index (κ3) is 4.00. The Morgan fingerprint density at radius 1 is 1.21 bits per heavy atom. The van der Waals surface area contributed by atoms with Crippen molar-refractivity contribution in [3.8, 4) is 0 Å². The molecule has 1 aliphatic rings. The van der Waals surface area contributed by atoms with Crippen LogP contribution in [0.15, 0.2) is 18.6 Å². The van der Waals surface area contributed by atoms with E-state index in [1.165, 1.54) is 38.5 Å². The van der Waals surface area contributed by atoms with E-state index in [0.29, 0.717) is 6.04 Å². The van der Waals surface area contributed by atoms with Crippen LogP contribution in [0.2, 0.25) is 0 Å². The Bertz CT molecular complexity index is 344. The average molecular weight is 261 g/mol. The summed E-state index contributed by atoms with van der Waals surface area (Å²) in [6.45, 7) is 5.60. The molecule has 1 saturated carbocycles. The van der Waals surface area contributed by atoms with Crippen molar-refractivity contribution in [1.29, 1.82) is 0 Å². The smallest absolute Gasteiger partial charge is 0.0758 e. The van der Waals surface area contributed by atoms with Gasteiger partial charge in [0.2, 0.25) is 0 Å². The Hall–Kier alpha value is -0.960. The van der Waals surface area contributed by atoms with Crippen LogP contribution in [0.4, 0.5) is 0 Å². The van der Waals surface area contributed by atoms with Crippen LogP contribution in [0.5, 0.6) is 0 Å². The second kappa shape index (κ2) is 7.59. The highest BCUT2D eigenvalue weighted by Gasteiger charge is 2.28. The summed E-state index contributed by atoms with van der Waals surface area (Å²) in [6.07, 6.45) is 13.4. The molecule has 0 aromatic carbocycles. The van der Waals surface area contributed by atoms with E-state index >= 15 is 0 Å². The first-order chi connectivity index (χ1) is 9.35. The van der Waals surface area contributed by atoms with Crippen molar-refractivity contribution in [2.75, 3.05) is 6.54 Å². The minimum absolute atomic E-state index is 0.395. The van der Waals surface area contributed by atoms with Gasteiger partial charge in [0.15, 0.2) is 0 Å². The van der Waals surface area contributed by atoms with Crippen molar-refractivity contribution in [3.05, 3.63) is 24.3 Å². The molecular weight excluding hydrogens is 234 g/mol. The lowest BCUT2D eigenvalue weighted by molar-refractivity contribution is 0.216. The Morgan fingerprint density at radius 2 is 2.00 bits per heavy atom. The summed E-state index contributed by atoms with van der Waals surface area (Å²) in [5.74, 6) is 1.68. The number of nitrogens with one attached hydrogen (secondary N) is 1. The van der Waals surface area contributed by atoms with Crippen molar-refractivity contribution in [1.82, 2.24) is 15.3 Å². The van der Waals surface area contributed by atoms with Crippen molar-refractivity contribution >= 4 is 0 Å². The second-order valence-electron chi connectivity index (χ2n) is 5.75. The molecule has 1 fully saturated rings. The molecule has 1 aromatic heterocycles. The summed E-state index contributed by atoms with van der Waals surface area (Å²) in [7, 11) is 0. The van der Waals surface area contributed by atoms with Gasteiger partial charge in [0.1, 0.15) is 0 Å². The molecule has 106 valence electrons. The highest BCUT2D eigenvalue weighted by atomic mass is 15.0. The van der Waals surface area contributed by atoms with E-state index in [2.05, 4.69) is 29.1 Å². The van der Waals surface area contributed by atoms with Crippen molar-refractivity contribution in [3.63, 3.8) is 0 Å². The van der Waals surface area contributed by atoms with E-state index in [1.807, 2.05) is 12.4 Å². The first kappa shape index (κ1) is 14.4. The van der Waals surface area contributed by atoms with Gasteiger partial charge in [-0.2, -0.15) is 0 Å². The topological polar surface area (TPSA) is 37.8 Å². The molecule has 1 aliphatic carbocycles. The summed E-state index contributed by atoms with van der Waals surface area (Å²) in [6, 6.07) is 0.395. The van der Waals surface area contributed by atoms with Crippen LogP contribution in [0.1, 0.15) is 64.1 Å². The molecule has 1 atom stereocenters. The molecule has 0 radical (unpaired) electrons. The standard InChI is InChI=1S/C16H27N3/c1-3-9-19-16(15-12-17-10-11-18-15)14-7-5-13(4-2)6-8-14/h10-14,16,19H,3-9H2,1-2H3. The number of hydrogen-bond donors (Lipinski definition) is 1. The van der Waals surface area contributed by atoms with Crippen LogP contribution in [0.25, 0.3) is 0 Å². The number of hydrogen-bond acceptors (Lipinski definition) is 3. The molecule has 2 rings (SSSR count). The van der Waals surface area contributed by atoms with Crippen LogP contribution in [-0.4, -0.2) is 16.5 Å². The zero-order valence-corrected chi connectivity index (χ0v) is 12.3. The van der Waals surface area contributed by atoms with E-state index < -0.39 is 0 Å². The Balaban J connectivity index is 2.02. The number of aromatic nitrogens is 2. The maximum absolute atomic E-state index is 4.52. The zero-order valence-electron chi connectivity index (χ0n) is 12.3. The fourth-order valence-electron chi connectivity index (χ4n) is 3.21. The summed E-state index contributed by atoms with van der Waals surface area (Å²) in [5.41, 5.74) is 1.12. The van der Waals surface area contributed by atoms with Gasteiger partial charge >= 0.3 is 0 Å². The van der Waals surface area contributed by atoms with Gasteiger partial charge in [-0.25, -0.2) is 0 Å². The minimum atomic E-state index is 0.395. The molecule has 0 spiro atoms. The second-order valence-corrected chi connectivity index (χ2v) is 5.75. The molecule has 1 aromatic rings. The third-order valence-corrected chi connectivity index (χ3v) is 4.46. The fourth-order valence-corrected chi connectivity index (χ4v) is 3.21. The Kier molecular flexibility index (Phi) is 5.77. The summed E-state index contributed by atoms with van der Waals surface area (Å²) < 4.78 is 0. The molecule has 3 heteroatoms. The molecular formula is C16H27N3. The van der Waals surface area contributed by atoms with E-state index in [0.717, 1.165) is 24.1 Å². The molecule has 3 nitrogen and oxygen atoms in total. The van der Waals surface area contributed by atoms with Crippen LogP contribution >= 0.6 is 0 Å².